The molecule has 0 atom stereocenters. The number of para-hydroxylation sites is 1. The molecule has 0 radical (unpaired) electrons. The number of rotatable bonds is 5. The average molecular weight is 191 g/mol. The Bertz CT molecular complexity index is 294. The van der Waals surface area contributed by atoms with E-state index in [0.29, 0.717) is 6.54 Å². The molecule has 0 amide bonds. The molecule has 0 saturated carbocycles. The molecule has 1 rings (SSSR count). The molecule has 0 unspecified atom stereocenters. The second-order valence-corrected chi connectivity index (χ2v) is 3.06. The highest BCUT2D eigenvalue weighted by molar-refractivity contribution is 5.34. The van der Waals surface area contributed by atoms with Crippen LogP contribution in [-0.2, 0) is 6.42 Å². The minimum absolute atomic E-state index is 0.711. The van der Waals surface area contributed by atoms with Crippen LogP contribution in [0.25, 0.3) is 0 Å². The molecular weight excluding hydrogens is 174 g/mol. The van der Waals surface area contributed by atoms with Gasteiger partial charge in [-0.05, 0) is 31.0 Å². The maximum Gasteiger partial charge on any atom is 0.122 e. The number of hydrogen-bond acceptors (Lipinski definition) is 2. The van der Waals surface area contributed by atoms with Gasteiger partial charge in [0.15, 0.2) is 0 Å². The van der Waals surface area contributed by atoms with Gasteiger partial charge in [-0.1, -0.05) is 30.4 Å². The lowest BCUT2D eigenvalue weighted by Crippen LogP contribution is -1.95. The normalized spacial score (nSPS) is 10.7. The van der Waals surface area contributed by atoms with Crippen LogP contribution in [0.2, 0.25) is 0 Å². The highest BCUT2D eigenvalue weighted by atomic mass is 16.5. The number of ether oxygens (including phenoxy) is 1. The molecule has 0 aliphatic rings. The molecule has 0 spiro atoms. The van der Waals surface area contributed by atoms with E-state index >= 15 is 0 Å². The summed E-state index contributed by atoms with van der Waals surface area (Å²) in [5.74, 6) is 0.949. The highest BCUT2D eigenvalue weighted by Gasteiger charge is 1.97. The summed E-state index contributed by atoms with van der Waals surface area (Å²) in [5.41, 5.74) is 6.60. The van der Waals surface area contributed by atoms with Gasteiger partial charge in [0, 0.05) is 0 Å². The SMILES string of the molecule is COc1ccccc1CC=CCCN. The summed E-state index contributed by atoms with van der Waals surface area (Å²) in [5, 5.41) is 0. The van der Waals surface area contributed by atoms with Crippen molar-refractivity contribution in [2.45, 2.75) is 12.8 Å². The van der Waals surface area contributed by atoms with Crippen LogP contribution in [0.4, 0.5) is 0 Å². The Balaban J connectivity index is 2.57. The Hall–Kier alpha value is -1.28. The smallest absolute Gasteiger partial charge is 0.122 e. The second kappa shape index (κ2) is 6.22. The van der Waals surface area contributed by atoms with Gasteiger partial charge < -0.3 is 10.5 Å². The topological polar surface area (TPSA) is 35.2 Å². The lowest BCUT2D eigenvalue weighted by molar-refractivity contribution is 0.410. The fourth-order valence-electron chi connectivity index (χ4n) is 1.30. The van der Waals surface area contributed by atoms with Crippen LogP contribution in [0, 0.1) is 0 Å². The standard InChI is InChI=1S/C12H17NO/c1-14-12-9-5-4-8-11(12)7-3-2-6-10-13/h2-5,8-9H,6-7,10,13H2,1H3. The van der Waals surface area contributed by atoms with E-state index in [1.807, 2.05) is 18.2 Å². The Labute approximate surface area is 85.4 Å². The third-order valence-corrected chi connectivity index (χ3v) is 2.03. The van der Waals surface area contributed by atoms with Crippen molar-refractivity contribution in [1.29, 1.82) is 0 Å². The monoisotopic (exact) mass is 191 g/mol. The summed E-state index contributed by atoms with van der Waals surface area (Å²) in [4.78, 5) is 0. The van der Waals surface area contributed by atoms with Crippen LogP contribution >= 0.6 is 0 Å². The molecule has 0 heterocycles. The van der Waals surface area contributed by atoms with E-state index in [9.17, 15) is 0 Å². The van der Waals surface area contributed by atoms with Crippen molar-refractivity contribution in [3.63, 3.8) is 0 Å². The van der Waals surface area contributed by atoms with E-state index in [2.05, 4.69) is 18.2 Å². The molecular formula is C12H17NO. The van der Waals surface area contributed by atoms with Crippen LogP contribution in [-0.4, -0.2) is 13.7 Å². The maximum absolute atomic E-state index is 5.39. The molecule has 1 aromatic rings. The molecule has 14 heavy (non-hydrogen) atoms. The first-order valence-corrected chi connectivity index (χ1v) is 4.85. The number of nitrogens with two attached hydrogens (primary N) is 1. The van der Waals surface area contributed by atoms with Gasteiger partial charge in [0.25, 0.3) is 0 Å². The molecule has 2 heteroatoms. The van der Waals surface area contributed by atoms with Gasteiger partial charge >= 0.3 is 0 Å². The molecule has 0 bridgehead atoms. The third-order valence-electron chi connectivity index (χ3n) is 2.03. The van der Waals surface area contributed by atoms with Crippen molar-refractivity contribution in [2.75, 3.05) is 13.7 Å². The molecule has 0 aliphatic heterocycles. The van der Waals surface area contributed by atoms with Gasteiger partial charge in [0.1, 0.15) is 5.75 Å². The van der Waals surface area contributed by atoms with Crippen LogP contribution in [0.5, 0.6) is 5.75 Å². The second-order valence-electron chi connectivity index (χ2n) is 3.06. The van der Waals surface area contributed by atoms with E-state index in [0.717, 1.165) is 18.6 Å². The van der Waals surface area contributed by atoms with E-state index in [1.165, 1.54) is 5.56 Å². The van der Waals surface area contributed by atoms with Crippen molar-refractivity contribution in [3.05, 3.63) is 42.0 Å². The first kappa shape index (κ1) is 10.8. The van der Waals surface area contributed by atoms with Crippen LogP contribution in [0.15, 0.2) is 36.4 Å². The molecule has 76 valence electrons. The minimum atomic E-state index is 0.711. The number of hydrogen-bond donors (Lipinski definition) is 1. The van der Waals surface area contributed by atoms with Gasteiger partial charge in [0.2, 0.25) is 0 Å². The zero-order chi connectivity index (χ0) is 10.2. The third kappa shape index (κ3) is 3.23. The van der Waals surface area contributed by atoms with E-state index in [4.69, 9.17) is 10.5 Å². The van der Waals surface area contributed by atoms with Crippen molar-refractivity contribution < 1.29 is 4.74 Å². The van der Waals surface area contributed by atoms with Crippen LogP contribution < -0.4 is 10.5 Å². The quantitative estimate of drug-likeness (QED) is 0.724. The predicted octanol–water partition coefficient (Wildman–Crippen LogP) is 2.14. The van der Waals surface area contributed by atoms with Gasteiger partial charge in [0.05, 0.1) is 7.11 Å². The van der Waals surface area contributed by atoms with Gasteiger partial charge in [-0.3, -0.25) is 0 Å². The van der Waals surface area contributed by atoms with Crippen LogP contribution in [0.1, 0.15) is 12.0 Å². The highest BCUT2D eigenvalue weighted by Crippen LogP contribution is 2.17. The van der Waals surface area contributed by atoms with Crippen molar-refractivity contribution in [2.24, 2.45) is 5.73 Å². The predicted molar refractivity (Wildman–Crippen MR) is 59.5 cm³/mol. The molecule has 1 aromatic carbocycles. The first-order valence-electron chi connectivity index (χ1n) is 4.85. The number of methoxy groups -OCH3 is 1. The Morgan fingerprint density at radius 1 is 1.29 bits per heavy atom. The largest absolute Gasteiger partial charge is 0.496 e. The molecule has 0 fully saturated rings. The van der Waals surface area contributed by atoms with Gasteiger partial charge in [-0.2, -0.15) is 0 Å². The summed E-state index contributed by atoms with van der Waals surface area (Å²) in [6.45, 7) is 0.711. The van der Waals surface area contributed by atoms with Gasteiger partial charge in [-0.25, -0.2) is 0 Å². The van der Waals surface area contributed by atoms with E-state index in [-0.39, 0.29) is 0 Å². The lowest BCUT2D eigenvalue weighted by atomic mass is 10.1. The van der Waals surface area contributed by atoms with Crippen molar-refractivity contribution in [3.8, 4) is 5.75 Å². The fourth-order valence-corrected chi connectivity index (χ4v) is 1.30. The van der Waals surface area contributed by atoms with Gasteiger partial charge in [-0.15, -0.1) is 0 Å². The zero-order valence-corrected chi connectivity index (χ0v) is 8.57. The summed E-state index contributed by atoms with van der Waals surface area (Å²) in [7, 11) is 1.70. The van der Waals surface area contributed by atoms with E-state index < -0.39 is 0 Å². The number of benzene rings is 1. The Morgan fingerprint density at radius 3 is 2.79 bits per heavy atom. The summed E-state index contributed by atoms with van der Waals surface area (Å²) in [6, 6.07) is 8.05. The summed E-state index contributed by atoms with van der Waals surface area (Å²) in [6.07, 6.45) is 6.08. The first-order chi connectivity index (χ1) is 6.88. The maximum atomic E-state index is 5.39. The summed E-state index contributed by atoms with van der Waals surface area (Å²) >= 11 is 0. The van der Waals surface area contributed by atoms with Crippen LogP contribution in [0.3, 0.4) is 0 Å². The molecule has 2 nitrogen and oxygen atoms in total. The summed E-state index contributed by atoms with van der Waals surface area (Å²) < 4.78 is 5.24. The minimum Gasteiger partial charge on any atom is -0.496 e. The molecule has 0 aromatic heterocycles. The molecule has 0 saturated heterocycles. The lowest BCUT2D eigenvalue weighted by Gasteiger charge is -2.04. The van der Waals surface area contributed by atoms with Crippen molar-refractivity contribution >= 4 is 0 Å². The number of allylic oxidation sites excluding steroid dienone is 1. The Morgan fingerprint density at radius 2 is 2.07 bits per heavy atom. The fraction of sp³-hybridized carbons (Fsp3) is 0.333. The molecule has 2 N–H and O–H groups in total. The zero-order valence-electron chi connectivity index (χ0n) is 8.57. The van der Waals surface area contributed by atoms with E-state index in [1.54, 1.807) is 7.11 Å². The average Bonchev–Trinajstić information content (AvgIpc) is 2.25. The molecule has 0 aliphatic carbocycles. The van der Waals surface area contributed by atoms with Crippen molar-refractivity contribution in [1.82, 2.24) is 0 Å². The Kier molecular flexibility index (Phi) is 4.79.